The van der Waals surface area contributed by atoms with Crippen LogP contribution in [0.4, 0.5) is 14.5 Å². The number of benzene rings is 2. The van der Waals surface area contributed by atoms with Gasteiger partial charge in [-0.2, -0.15) is 0 Å². The average molecular weight is 499 g/mol. The maximum atomic E-state index is 15.1. The Hall–Kier alpha value is -3.46. The highest BCUT2D eigenvalue weighted by molar-refractivity contribution is 7.90. The maximum Gasteiger partial charge on any atom is 0.230 e. The van der Waals surface area contributed by atoms with Crippen LogP contribution >= 0.6 is 0 Å². The van der Waals surface area contributed by atoms with Crippen molar-refractivity contribution in [1.29, 1.82) is 0 Å². The van der Waals surface area contributed by atoms with Crippen LogP contribution in [-0.4, -0.2) is 37.9 Å². The molecule has 0 radical (unpaired) electrons. The molecule has 9 heteroatoms. The number of ketones is 1. The van der Waals surface area contributed by atoms with E-state index in [1.54, 1.807) is 12.3 Å². The third-order valence-electron chi connectivity index (χ3n) is 6.07. The molecular formula is C26H24F2N2O4S. The van der Waals surface area contributed by atoms with Crippen molar-refractivity contribution in [2.24, 2.45) is 5.92 Å². The monoisotopic (exact) mass is 498 g/mol. The van der Waals surface area contributed by atoms with Crippen LogP contribution in [0, 0.1) is 24.5 Å². The van der Waals surface area contributed by atoms with Crippen LogP contribution < -0.4 is 4.90 Å². The molecule has 4 rings (SSSR count). The van der Waals surface area contributed by atoms with Crippen LogP contribution in [0.3, 0.4) is 0 Å². The van der Waals surface area contributed by atoms with Crippen molar-refractivity contribution in [3.8, 4) is 11.1 Å². The van der Waals surface area contributed by atoms with Gasteiger partial charge in [-0.15, -0.1) is 0 Å². The molecule has 2 heterocycles. The Morgan fingerprint density at radius 3 is 2.49 bits per heavy atom. The minimum atomic E-state index is -3.68. The van der Waals surface area contributed by atoms with Gasteiger partial charge in [0.05, 0.1) is 10.6 Å². The van der Waals surface area contributed by atoms with E-state index in [-0.39, 0.29) is 46.9 Å². The molecule has 35 heavy (non-hydrogen) atoms. The van der Waals surface area contributed by atoms with Crippen molar-refractivity contribution in [2.75, 3.05) is 17.7 Å². The lowest BCUT2D eigenvalue weighted by atomic mass is 9.98. The van der Waals surface area contributed by atoms with Gasteiger partial charge in [0.15, 0.2) is 21.5 Å². The van der Waals surface area contributed by atoms with Gasteiger partial charge in [0.2, 0.25) is 5.91 Å². The molecule has 3 aromatic rings. The van der Waals surface area contributed by atoms with E-state index in [0.29, 0.717) is 12.1 Å². The zero-order valence-electron chi connectivity index (χ0n) is 19.3. The summed E-state index contributed by atoms with van der Waals surface area (Å²) >= 11 is 0. The molecule has 2 aromatic carbocycles. The van der Waals surface area contributed by atoms with Crippen LogP contribution in [0.25, 0.3) is 11.1 Å². The number of Topliss-reactive ketones (excluding diaryl/α,β-unsaturated/α-hetero) is 1. The summed E-state index contributed by atoms with van der Waals surface area (Å²) in [5.74, 6) is -3.70. The minimum Gasteiger partial charge on any atom is -0.309 e. The van der Waals surface area contributed by atoms with Crippen LogP contribution in [0.5, 0.6) is 0 Å². The smallest absolute Gasteiger partial charge is 0.230 e. The average Bonchev–Trinajstić information content (AvgIpc) is 3.16. The van der Waals surface area contributed by atoms with Crippen LogP contribution in [0.1, 0.15) is 24.1 Å². The van der Waals surface area contributed by atoms with E-state index in [1.165, 1.54) is 36.4 Å². The fourth-order valence-electron chi connectivity index (χ4n) is 4.29. The predicted octanol–water partition coefficient (Wildman–Crippen LogP) is 4.29. The molecule has 0 spiro atoms. The highest BCUT2D eigenvalue weighted by Gasteiger charge is 2.36. The number of carbonyl (C=O) groups is 2. The number of pyridine rings is 1. The van der Waals surface area contributed by atoms with Gasteiger partial charge < -0.3 is 4.90 Å². The van der Waals surface area contributed by atoms with Gasteiger partial charge in [-0.05, 0) is 43.2 Å². The van der Waals surface area contributed by atoms with Gasteiger partial charge in [0, 0.05) is 54.6 Å². The number of aromatic nitrogens is 1. The number of nitrogens with zero attached hydrogens (tertiary/aromatic N) is 2. The SMILES string of the molecule is Cc1ccc(CC(=O)C[C@@H]2CCN(c3ccc(-c4ccccc4S(C)(=O)=O)c(F)c3F)C2=O)nc1. The Morgan fingerprint density at radius 2 is 1.80 bits per heavy atom. The minimum absolute atomic E-state index is 0.00515. The molecule has 0 bridgehead atoms. The van der Waals surface area contributed by atoms with E-state index >= 15 is 8.78 Å². The van der Waals surface area contributed by atoms with E-state index in [2.05, 4.69) is 4.98 Å². The number of hydrogen-bond donors (Lipinski definition) is 0. The van der Waals surface area contributed by atoms with Crippen LogP contribution in [0.2, 0.25) is 0 Å². The Balaban J connectivity index is 1.54. The molecule has 1 aliphatic rings. The first-order valence-corrected chi connectivity index (χ1v) is 13.0. The second kappa shape index (κ2) is 9.65. The molecule has 1 amide bonds. The first kappa shape index (κ1) is 24.7. The number of halogens is 2. The summed E-state index contributed by atoms with van der Waals surface area (Å²) in [5.41, 5.74) is 1.18. The third-order valence-corrected chi connectivity index (χ3v) is 7.23. The number of anilines is 1. The van der Waals surface area contributed by atoms with E-state index in [0.717, 1.165) is 16.7 Å². The number of aryl methyl sites for hydroxylation is 1. The van der Waals surface area contributed by atoms with Crippen molar-refractivity contribution >= 4 is 27.2 Å². The van der Waals surface area contributed by atoms with Gasteiger partial charge in [-0.3, -0.25) is 14.6 Å². The largest absolute Gasteiger partial charge is 0.309 e. The molecule has 1 aromatic heterocycles. The quantitative estimate of drug-likeness (QED) is 0.485. The number of amides is 1. The maximum absolute atomic E-state index is 15.1. The molecule has 0 unspecified atom stereocenters. The summed E-state index contributed by atoms with van der Waals surface area (Å²) in [6.07, 6.45) is 3.09. The van der Waals surface area contributed by atoms with Crippen molar-refractivity contribution < 1.29 is 26.8 Å². The van der Waals surface area contributed by atoms with Gasteiger partial charge in [-0.1, -0.05) is 24.3 Å². The summed E-state index contributed by atoms with van der Waals surface area (Å²) in [7, 11) is -3.68. The lowest BCUT2D eigenvalue weighted by molar-refractivity contribution is -0.125. The summed E-state index contributed by atoms with van der Waals surface area (Å²) in [6.45, 7) is 2.04. The molecule has 0 saturated carbocycles. The summed E-state index contributed by atoms with van der Waals surface area (Å²) in [6, 6.07) is 11.9. The predicted molar refractivity (Wildman–Crippen MR) is 128 cm³/mol. The second-order valence-corrected chi connectivity index (χ2v) is 10.7. The van der Waals surface area contributed by atoms with Gasteiger partial charge in [0.1, 0.15) is 5.78 Å². The lowest BCUT2D eigenvalue weighted by Gasteiger charge is -2.19. The van der Waals surface area contributed by atoms with E-state index in [1.807, 2.05) is 13.0 Å². The molecule has 1 atom stereocenters. The van der Waals surface area contributed by atoms with Gasteiger partial charge >= 0.3 is 0 Å². The molecule has 0 aliphatic carbocycles. The molecule has 0 N–H and O–H groups in total. The van der Waals surface area contributed by atoms with E-state index in [4.69, 9.17) is 0 Å². The number of carbonyl (C=O) groups excluding carboxylic acids is 2. The highest BCUT2D eigenvalue weighted by Crippen LogP contribution is 2.36. The molecule has 1 fully saturated rings. The molecular weight excluding hydrogens is 474 g/mol. The van der Waals surface area contributed by atoms with Crippen molar-refractivity contribution in [3.05, 3.63) is 77.6 Å². The summed E-state index contributed by atoms with van der Waals surface area (Å²) < 4.78 is 54.4. The van der Waals surface area contributed by atoms with Gasteiger partial charge in [0.25, 0.3) is 0 Å². The number of sulfone groups is 1. The Kier molecular flexibility index (Phi) is 6.80. The molecule has 182 valence electrons. The Morgan fingerprint density at radius 1 is 1.06 bits per heavy atom. The van der Waals surface area contributed by atoms with Crippen LogP contribution in [0.15, 0.2) is 59.6 Å². The summed E-state index contributed by atoms with van der Waals surface area (Å²) in [4.78, 5) is 30.6. The zero-order chi connectivity index (χ0) is 25.3. The van der Waals surface area contributed by atoms with Gasteiger partial charge in [-0.25, -0.2) is 17.2 Å². The lowest BCUT2D eigenvalue weighted by Crippen LogP contribution is -2.29. The van der Waals surface area contributed by atoms with Crippen molar-refractivity contribution in [2.45, 2.75) is 31.1 Å². The first-order valence-electron chi connectivity index (χ1n) is 11.1. The number of rotatable bonds is 7. The normalized spacial score (nSPS) is 16.1. The fourth-order valence-corrected chi connectivity index (χ4v) is 5.19. The summed E-state index contributed by atoms with van der Waals surface area (Å²) in [5, 5.41) is 0. The molecule has 1 saturated heterocycles. The Bertz CT molecular complexity index is 1410. The number of hydrogen-bond acceptors (Lipinski definition) is 5. The third kappa shape index (κ3) is 5.14. The van der Waals surface area contributed by atoms with Crippen LogP contribution in [-0.2, 0) is 25.8 Å². The van der Waals surface area contributed by atoms with Crippen molar-refractivity contribution in [1.82, 2.24) is 4.98 Å². The Labute approximate surface area is 202 Å². The topological polar surface area (TPSA) is 84.4 Å². The standard InChI is InChI=1S/C26H24F2N2O4S/c1-16-7-8-18(29-15-16)14-19(31)13-17-11-12-30(26(17)32)22-10-9-21(24(27)25(22)28)20-5-3-4-6-23(20)35(2,33)34/h3-10,15,17H,11-14H2,1-2H3/t17-/m0/s1. The highest BCUT2D eigenvalue weighted by atomic mass is 32.2. The molecule has 1 aliphatic heterocycles. The van der Waals surface area contributed by atoms with Crippen molar-refractivity contribution in [3.63, 3.8) is 0 Å². The zero-order valence-corrected chi connectivity index (χ0v) is 20.1. The van der Waals surface area contributed by atoms with E-state index in [9.17, 15) is 18.0 Å². The fraction of sp³-hybridized carbons (Fsp3) is 0.269. The molecule has 6 nitrogen and oxygen atoms in total. The second-order valence-electron chi connectivity index (χ2n) is 8.75. The van der Waals surface area contributed by atoms with E-state index < -0.39 is 33.3 Å². The first-order chi connectivity index (χ1) is 16.6.